The van der Waals surface area contributed by atoms with Crippen LogP contribution in [0, 0.1) is 11.3 Å². The Morgan fingerprint density at radius 1 is 1.00 bits per heavy atom. The van der Waals surface area contributed by atoms with Crippen LogP contribution in [0.1, 0.15) is 10.4 Å². The maximum Gasteiger partial charge on any atom is 0.203 e. The van der Waals surface area contributed by atoms with Crippen LogP contribution in [0.4, 0.5) is 0 Å². The molecule has 0 saturated heterocycles. The summed E-state index contributed by atoms with van der Waals surface area (Å²) >= 11 is 22.3. The minimum absolute atomic E-state index is 0.103. The normalized spacial score (nSPS) is 11.4. The van der Waals surface area contributed by atoms with Crippen LogP contribution in [0.3, 0.4) is 0 Å². The van der Waals surface area contributed by atoms with E-state index < -0.39 is 12.3 Å². The van der Waals surface area contributed by atoms with Gasteiger partial charge in [0.25, 0.3) is 0 Å². The molecular formula is C16H11Br4NOS2. The van der Waals surface area contributed by atoms with Gasteiger partial charge in [0.1, 0.15) is 18.1 Å². The summed E-state index contributed by atoms with van der Waals surface area (Å²) in [4.78, 5) is 13.6. The third kappa shape index (κ3) is 4.68. The Bertz CT molecular complexity index is 736. The van der Waals surface area contributed by atoms with Gasteiger partial charge < -0.3 is 0 Å². The van der Waals surface area contributed by atoms with Crippen LogP contribution in [0.5, 0.6) is 0 Å². The second-order valence-electron chi connectivity index (χ2n) is 4.60. The lowest BCUT2D eigenvalue weighted by molar-refractivity contribution is 0.103. The Kier molecular flexibility index (Phi) is 8.11. The molecule has 0 amide bonds. The van der Waals surface area contributed by atoms with Crippen molar-refractivity contribution in [3.63, 3.8) is 0 Å². The molecule has 126 valence electrons. The number of thiol groups is 2. The highest BCUT2D eigenvalue weighted by molar-refractivity contribution is 9.27. The molecule has 1 aromatic carbocycles. The molecule has 0 saturated carbocycles. The molecule has 0 unspecified atom stereocenters. The number of Topliss-reactive ketones (excluding diaryl/α,β-unsaturated/α-hetero) is 1. The molecule has 0 heterocycles. The van der Waals surface area contributed by atoms with Crippen molar-refractivity contribution in [2.45, 2.75) is 6.47 Å². The van der Waals surface area contributed by atoms with Crippen LogP contribution >= 0.6 is 89.0 Å². The van der Waals surface area contributed by atoms with Gasteiger partial charge in [-0.15, -0.1) is 25.3 Å². The van der Waals surface area contributed by atoms with Crippen molar-refractivity contribution in [3.05, 3.63) is 70.0 Å². The van der Waals surface area contributed by atoms with E-state index in [9.17, 15) is 10.1 Å². The summed E-state index contributed by atoms with van der Waals surface area (Å²) < 4.78 is -2.31. The molecule has 1 aromatic rings. The fraction of sp³-hybridized carbons (Fsp3) is 0.125. The van der Waals surface area contributed by atoms with Crippen LogP contribution in [0.25, 0.3) is 0 Å². The highest BCUT2D eigenvalue weighted by Gasteiger charge is 2.46. The Balaban J connectivity index is 3.81. The van der Waals surface area contributed by atoms with Crippen LogP contribution < -0.4 is 0 Å². The maximum absolute atomic E-state index is 12.9. The van der Waals surface area contributed by atoms with E-state index in [-0.39, 0.29) is 11.1 Å². The van der Waals surface area contributed by atoms with Crippen molar-refractivity contribution in [2.75, 3.05) is 0 Å². The number of nitrogens with zero attached hydrogens (tertiary/aromatic N) is 1. The Morgan fingerprint density at radius 2 is 1.42 bits per heavy atom. The second-order valence-corrected chi connectivity index (χ2v) is 12.6. The highest BCUT2D eigenvalue weighted by atomic mass is 79.9. The lowest BCUT2D eigenvalue weighted by Crippen LogP contribution is -2.32. The zero-order valence-electron chi connectivity index (χ0n) is 12.1. The zero-order chi connectivity index (χ0) is 18.7. The molecule has 8 heteroatoms. The van der Waals surface area contributed by atoms with Gasteiger partial charge in [-0.05, 0) is 0 Å². The smallest absolute Gasteiger partial charge is 0.203 e. The number of alkyl halides is 4. The monoisotopic (exact) mass is 613 g/mol. The number of benzene rings is 1. The lowest BCUT2D eigenvalue weighted by Gasteiger charge is -2.34. The van der Waals surface area contributed by atoms with Crippen LogP contribution in [0.15, 0.2) is 64.4 Å². The van der Waals surface area contributed by atoms with Gasteiger partial charge in [-0.3, -0.25) is 4.79 Å². The van der Waals surface area contributed by atoms with Gasteiger partial charge in [0.05, 0.1) is 0 Å². The molecule has 2 nitrogen and oxygen atoms in total. The summed E-state index contributed by atoms with van der Waals surface area (Å²) in [7, 11) is 0. The van der Waals surface area contributed by atoms with E-state index in [2.05, 4.69) is 102 Å². The third-order valence-corrected chi connectivity index (χ3v) is 8.37. The number of hydrogen-bond donors (Lipinski definition) is 2. The van der Waals surface area contributed by atoms with Crippen LogP contribution in [-0.2, 0) is 0 Å². The number of allylic oxidation sites excluding steroid dienone is 4. The SMILES string of the molecule is C=C(S)C(Br)(Br)C(=C(C#N)C(=O)c1ccccc1)C(Br)(Br)C(=C)S. The van der Waals surface area contributed by atoms with Crippen LogP contribution in [0.2, 0.25) is 0 Å². The number of carbonyl (C=O) groups is 1. The number of ketones is 1. The van der Waals surface area contributed by atoms with Gasteiger partial charge in [0, 0.05) is 20.9 Å². The summed E-state index contributed by atoms with van der Waals surface area (Å²) in [6.45, 7) is 7.58. The summed E-state index contributed by atoms with van der Waals surface area (Å²) in [5.74, 6) is -0.441. The summed E-state index contributed by atoms with van der Waals surface area (Å²) in [5.41, 5.74) is 0.563. The van der Waals surface area contributed by atoms with Crippen LogP contribution in [-0.4, -0.2) is 12.3 Å². The van der Waals surface area contributed by atoms with E-state index >= 15 is 0 Å². The molecule has 0 aliphatic rings. The van der Waals surface area contributed by atoms with Gasteiger partial charge in [-0.2, -0.15) is 5.26 Å². The van der Waals surface area contributed by atoms with Gasteiger partial charge in [-0.25, -0.2) is 0 Å². The van der Waals surface area contributed by atoms with E-state index in [4.69, 9.17) is 0 Å². The zero-order valence-corrected chi connectivity index (χ0v) is 20.2. The van der Waals surface area contributed by atoms with E-state index in [1.165, 1.54) is 0 Å². The Morgan fingerprint density at radius 3 is 1.75 bits per heavy atom. The predicted octanol–water partition coefficient (Wildman–Crippen LogP) is 6.55. The molecule has 0 aliphatic carbocycles. The summed E-state index contributed by atoms with van der Waals surface area (Å²) in [6, 6.07) is 10.5. The molecule has 0 N–H and O–H groups in total. The predicted molar refractivity (Wildman–Crippen MR) is 121 cm³/mol. The molecule has 0 bridgehead atoms. The Hall–Kier alpha value is 0.220. The van der Waals surface area contributed by atoms with Crippen molar-refractivity contribution in [1.82, 2.24) is 0 Å². The molecule has 0 aromatic heterocycles. The number of carbonyl (C=O) groups excluding carboxylic acids is 1. The number of nitriles is 1. The first-order valence-electron chi connectivity index (χ1n) is 6.25. The molecular weight excluding hydrogens is 606 g/mol. The van der Waals surface area contributed by atoms with Crippen molar-refractivity contribution < 1.29 is 4.79 Å². The summed E-state index contributed by atoms with van der Waals surface area (Å²) in [5, 5.41) is 9.70. The molecule has 0 spiro atoms. The van der Waals surface area contributed by atoms with Crippen molar-refractivity contribution in [1.29, 1.82) is 5.26 Å². The topological polar surface area (TPSA) is 40.9 Å². The number of halogens is 4. The van der Waals surface area contributed by atoms with E-state index in [1.54, 1.807) is 30.3 Å². The molecule has 0 radical (unpaired) electrons. The van der Waals surface area contributed by atoms with E-state index in [1.807, 2.05) is 6.07 Å². The first-order chi connectivity index (χ1) is 11.0. The minimum atomic E-state index is -1.16. The largest absolute Gasteiger partial charge is 0.288 e. The first kappa shape index (κ1) is 22.3. The average Bonchev–Trinajstić information content (AvgIpc) is 2.51. The van der Waals surface area contributed by atoms with Gasteiger partial charge >= 0.3 is 0 Å². The molecule has 0 fully saturated rings. The molecule has 0 atom stereocenters. The lowest BCUT2D eigenvalue weighted by atomic mass is 9.95. The first-order valence-corrected chi connectivity index (χ1v) is 10.3. The highest BCUT2D eigenvalue weighted by Crippen LogP contribution is 2.56. The van der Waals surface area contributed by atoms with Gasteiger partial charge in [-0.1, -0.05) is 107 Å². The third-order valence-electron chi connectivity index (χ3n) is 2.98. The Labute approximate surface area is 185 Å². The van der Waals surface area contributed by atoms with E-state index in [0.29, 0.717) is 15.4 Å². The van der Waals surface area contributed by atoms with Crippen molar-refractivity contribution in [3.8, 4) is 6.07 Å². The van der Waals surface area contributed by atoms with Crippen molar-refractivity contribution >= 4 is 94.8 Å². The number of rotatable bonds is 6. The maximum atomic E-state index is 12.9. The fourth-order valence-electron chi connectivity index (χ4n) is 1.75. The van der Waals surface area contributed by atoms with Gasteiger partial charge in [0.2, 0.25) is 5.78 Å². The second kappa shape index (κ2) is 8.74. The minimum Gasteiger partial charge on any atom is -0.288 e. The van der Waals surface area contributed by atoms with E-state index in [0.717, 1.165) is 0 Å². The number of hydrogen-bond acceptors (Lipinski definition) is 4. The summed E-state index contributed by atoms with van der Waals surface area (Å²) in [6.07, 6.45) is 0. The molecule has 24 heavy (non-hydrogen) atoms. The fourth-order valence-corrected chi connectivity index (χ4v) is 5.02. The van der Waals surface area contributed by atoms with Gasteiger partial charge in [0.15, 0.2) is 0 Å². The molecule has 0 aliphatic heterocycles. The average molecular weight is 617 g/mol. The quantitative estimate of drug-likeness (QED) is 0.125. The van der Waals surface area contributed by atoms with Crippen molar-refractivity contribution in [2.24, 2.45) is 0 Å². The molecule has 1 rings (SSSR count). The standard InChI is InChI=1S/C16H11Br4NOS2/c1-9(23)15(17,18)14(16(19,20)10(2)24)12(8-21)13(22)11-6-4-3-5-7-11/h3-7,23-24H,1-2H2.